The number of aromatic amines is 3. The van der Waals surface area contributed by atoms with Crippen LogP contribution in [0, 0.1) is 27.7 Å². The summed E-state index contributed by atoms with van der Waals surface area (Å²) in [5.41, 5.74) is 4.29. The molecule has 260 valence electrons. The third-order valence-corrected chi connectivity index (χ3v) is 7.74. The first kappa shape index (κ1) is 35.4. The smallest absolute Gasteiger partial charge is 0.331 e. The van der Waals surface area contributed by atoms with Crippen LogP contribution in [-0.2, 0) is 6.54 Å². The zero-order chi connectivity index (χ0) is 36.3. The van der Waals surface area contributed by atoms with Gasteiger partial charge in [-0.3, -0.25) is 29.1 Å². The fourth-order valence-electron chi connectivity index (χ4n) is 5.75. The lowest BCUT2D eigenvalue weighted by Gasteiger charge is -2.18. The highest BCUT2D eigenvalue weighted by molar-refractivity contribution is 5.72. The Labute approximate surface area is 287 Å². The minimum atomic E-state index is -0.578. The molecule has 50 heavy (non-hydrogen) atoms. The highest BCUT2D eigenvalue weighted by Gasteiger charge is 2.22. The standard InChI is InChI=1S/C23H23N3O4.C15H18N2O3/c1-13(2)20-21(27)25-23(28)26(12-19-24-17-7-5-6-8-18(17)30-19)22(20)29-16-10-14(3)9-15(4)11-16;1-8(2)12-13(18)16-15(19)17-14(12)20-11-6-9(3)5-10(4)7-11/h5-11,13H,12H2,1-4H3,(H,25,27,28);5-8H,1-4H3,(H2,16,17,18,19). The molecule has 0 aliphatic carbocycles. The van der Waals surface area contributed by atoms with Crippen molar-refractivity contribution in [1.82, 2.24) is 24.5 Å². The van der Waals surface area contributed by atoms with Gasteiger partial charge in [-0.05, 0) is 98.2 Å². The number of aryl methyl sites for hydroxylation is 4. The quantitative estimate of drug-likeness (QED) is 0.157. The molecule has 0 saturated heterocycles. The number of oxazole rings is 1. The van der Waals surface area contributed by atoms with Crippen molar-refractivity contribution in [2.75, 3.05) is 0 Å². The van der Waals surface area contributed by atoms with Gasteiger partial charge in [0, 0.05) is 0 Å². The Hall–Kier alpha value is -5.91. The molecule has 0 saturated carbocycles. The van der Waals surface area contributed by atoms with Gasteiger partial charge in [0.2, 0.25) is 17.7 Å². The van der Waals surface area contributed by atoms with E-state index in [1.54, 1.807) is 0 Å². The van der Waals surface area contributed by atoms with Crippen molar-refractivity contribution in [3.05, 3.63) is 142 Å². The number of nitrogens with zero attached hydrogens (tertiary/aromatic N) is 2. The molecule has 12 heteroatoms. The second-order valence-electron chi connectivity index (χ2n) is 13.0. The van der Waals surface area contributed by atoms with Gasteiger partial charge in [0.25, 0.3) is 11.1 Å². The summed E-state index contributed by atoms with van der Waals surface area (Å²) in [5, 5.41) is 0. The fraction of sp³-hybridized carbons (Fsp3) is 0.289. The third-order valence-electron chi connectivity index (χ3n) is 7.74. The van der Waals surface area contributed by atoms with E-state index < -0.39 is 22.5 Å². The van der Waals surface area contributed by atoms with Crippen molar-refractivity contribution in [3.63, 3.8) is 0 Å². The first-order valence-electron chi connectivity index (χ1n) is 16.3. The summed E-state index contributed by atoms with van der Waals surface area (Å²) in [6, 6.07) is 18.9. The zero-order valence-electron chi connectivity index (χ0n) is 29.4. The lowest BCUT2D eigenvalue weighted by atomic mass is 10.1. The Morgan fingerprint density at radius 2 is 1.24 bits per heavy atom. The van der Waals surface area contributed by atoms with Crippen LogP contribution in [0.25, 0.3) is 11.1 Å². The third kappa shape index (κ3) is 8.20. The van der Waals surface area contributed by atoms with E-state index in [2.05, 4.69) is 19.9 Å². The van der Waals surface area contributed by atoms with Crippen LogP contribution in [0.2, 0.25) is 0 Å². The lowest BCUT2D eigenvalue weighted by molar-refractivity contribution is 0.394. The SMILES string of the molecule is Cc1cc(C)cc(Oc2[nH]c(=O)[nH]c(=O)c2C(C)C)c1.Cc1cc(C)cc(Oc2c(C(C)C)c(=O)[nH]c(=O)n2Cc2nc3ccccc3o2)c1. The van der Waals surface area contributed by atoms with E-state index in [4.69, 9.17) is 13.9 Å². The lowest BCUT2D eigenvalue weighted by Crippen LogP contribution is -2.34. The van der Waals surface area contributed by atoms with Gasteiger partial charge in [0.15, 0.2) is 5.58 Å². The molecular formula is C38H41N5O7. The van der Waals surface area contributed by atoms with Crippen LogP contribution in [0.4, 0.5) is 0 Å². The maximum Gasteiger partial charge on any atom is 0.331 e. The molecule has 0 fully saturated rings. The predicted octanol–water partition coefficient (Wildman–Crippen LogP) is 6.85. The van der Waals surface area contributed by atoms with Crippen molar-refractivity contribution >= 4 is 11.1 Å². The summed E-state index contributed by atoms with van der Waals surface area (Å²) < 4.78 is 19.0. The average molecular weight is 680 g/mol. The second kappa shape index (κ2) is 14.7. The number of aromatic nitrogens is 5. The molecule has 0 amide bonds. The minimum Gasteiger partial charge on any atom is -0.440 e. The molecule has 3 aromatic carbocycles. The Kier molecular flexibility index (Phi) is 10.4. The number of H-pyrrole nitrogens is 3. The van der Waals surface area contributed by atoms with Crippen LogP contribution in [-0.4, -0.2) is 24.5 Å². The molecule has 0 atom stereocenters. The molecule has 6 rings (SSSR count). The van der Waals surface area contributed by atoms with Crippen LogP contribution in [0.15, 0.2) is 84.3 Å². The summed E-state index contributed by atoms with van der Waals surface area (Å²) in [6.45, 7) is 15.4. The number of nitrogens with one attached hydrogen (secondary N) is 3. The molecule has 0 aliphatic heterocycles. The van der Waals surface area contributed by atoms with E-state index in [-0.39, 0.29) is 30.1 Å². The van der Waals surface area contributed by atoms with Crippen LogP contribution in [0.5, 0.6) is 23.3 Å². The van der Waals surface area contributed by atoms with Gasteiger partial charge in [-0.15, -0.1) is 0 Å². The summed E-state index contributed by atoms with van der Waals surface area (Å²) in [6.07, 6.45) is 0. The summed E-state index contributed by atoms with van der Waals surface area (Å²) in [4.78, 5) is 60.2. The first-order chi connectivity index (χ1) is 23.7. The summed E-state index contributed by atoms with van der Waals surface area (Å²) in [5.74, 6) is 1.70. The predicted molar refractivity (Wildman–Crippen MR) is 192 cm³/mol. The van der Waals surface area contributed by atoms with E-state index in [1.807, 2.05) is 116 Å². The topological polar surface area (TPSA) is 165 Å². The van der Waals surface area contributed by atoms with Gasteiger partial charge in [0.1, 0.15) is 23.6 Å². The number of para-hydroxylation sites is 2. The van der Waals surface area contributed by atoms with Gasteiger partial charge in [-0.2, -0.15) is 0 Å². The van der Waals surface area contributed by atoms with Crippen molar-refractivity contribution in [2.45, 2.75) is 73.8 Å². The minimum absolute atomic E-state index is 0.0319. The number of benzene rings is 3. The van der Waals surface area contributed by atoms with Crippen LogP contribution in [0.1, 0.15) is 78.8 Å². The van der Waals surface area contributed by atoms with Crippen molar-refractivity contribution in [1.29, 1.82) is 0 Å². The second-order valence-corrected chi connectivity index (χ2v) is 13.0. The van der Waals surface area contributed by atoms with Gasteiger partial charge < -0.3 is 13.9 Å². The van der Waals surface area contributed by atoms with Crippen LogP contribution < -0.4 is 32.0 Å². The monoisotopic (exact) mass is 679 g/mol. The van der Waals surface area contributed by atoms with E-state index in [0.29, 0.717) is 39.6 Å². The van der Waals surface area contributed by atoms with Crippen molar-refractivity contribution in [2.24, 2.45) is 0 Å². The molecular weight excluding hydrogens is 638 g/mol. The van der Waals surface area contributed by atoms with E-state index in [1.165, 1.54) is 4.57 Å². The normalized spacial score (nSPS) is 11.2. The number of hydrogen-bond acceptors (Lipinski definition) is 8. The molecule has 3 aromatic heterocycles. The summed E-state index contributed by atoms with van der Waals surface area (Å²) in [7, 11) is 0. The molecule has 3 N–H and O–H groups in total. The largest absolute Gasteiger partial charge is 0.440 e. The first-order valence-corrected chi connectivity index (χ1v) is 16.3. The highest BCUT2D eigenvalue weighted by Crippen LogP contribution is 2.30. The van der Waals surface area contributed by atoms with Gasteiger partial charge in [0.05, 0.1) is 11.1 Å². The van der Waals surface area contributed by atoms with Gasteiger partial charge in [-0.1, -0.05) is 52.0 Å². The Balaban J connectivity index is 0.000000211. The summed E-state index contributed by atoms with van der Waals surface area (Å²) >= 11 is 0. The fourth-order valence-corrected chi connectivity index (χ4v) is 5.75. The number of fused-ring (bicyclic) bond motifs is 1. The van der Waals surface area contributed by atoms with E-state index in [0.717, 1.165) is 22.3 Å². The van der Waals surface area contributed by atoms with Crippen molar-refractivity contribution in [3.8, 4) is 23.3 Å². The molecule has 0 radical (unpaired) electrons. The number of ether oxygens (including phenoxy) is 2. The average Bonchev–Trinajstić information content (AvgIpc) is 3.40. The molecule has 3 heterocycles. The number of rotatable bonds is 8. The van der Waals surface area contributed by atoms with E-state index in [9.17, 15) is 19.2 Å². The van der Waals surface area contributed by atoms with E-state index >= 15 is 0 Å². The Morgan fingerprint density at radius 1 is 0.700 bits per heavy atom. The zero-order valence-corrected chi connectivity index (χ0v) is 29.4. The molecule has 0 bridgehead atoms. The molecule has 6 aromatic rings. The maximum atomic E-state index is 12.7. The molecule has 0 aliphatic rings. The molecule has 0 spiro atoms. The molecule has 12 nitrogen and oxygen atoms in total. The highest BCUT2D eigenvalue weighted by atomic mass is 16.5. The molecule has 0 unspecified atom stereocenters. The van der Waals surface area contributed by atoms with Gasteiger partial charge in [-0.25, -0.2) is 14.6 Å². The van der Waals surface area contributed by atoms with Crippen LogP contribution in [0.3, 0.4) is 0 Å². The maximum absolute atomic E-state index is 12.7. The Bertz CT molecular complexity index is 2340. The van der Waals surface area contributed by atoms with Crippen LogP contribution >= 0.6 is 0 Å². The van der Waals surface area contributed by atoms with Gasteiger partial charge >= 0.3 is 11.4 Å². The Morgan fingerprint density at radius 3 is 1.80 bits per heavy atom. The number of hydrogen-bond donors (Lipinski definition) is 3. The van der Waals surface area contributed by atoms with Crippen molar-refractivity contribution < 1.29 is 13.9 Å².